The maximum Gasteiger partial charge on any atom is 0.219 e. The average Bonchev–Trinajstić information content (AvgIpc) is 2.56. The van der Waals surface area contributed by atoms with Gasteiger partial charge in [-0.25, -0.2) is 0 Å². The Bertz CT molecular complexity index is 385. The molecule has 0 aromatic carbocycles. The minimum absolute atomic E-state index is 0. The van der Waals surface area contributed by atoms with Crippen molar-refractivity contribution in [3.8, 4) is 0 Å². The number of halogens is 1. The summed E-state index contributed by atoms with van der Waals surface area (Å²) < 4.78 is 5.58. The number of guanidine groups is 1. The van der Waals surface area contributed by atoms with Crippen LogP contribution in [0.4, 0.5) is 0 Å². The van der Waals surface area contributed by atoms with Crippen LogP contribution in [0.3, 0.4) is 0 Å². The Hall–Kier alpha value is -0.610. The number of rotatable bonds is 9. The summed E-state index contributed by atoms with van der Waals surface area (Å²) in [6.45, 7) is 13.7. The first kappa shape index (κ1) is 24.4. The van der Waals surface area contributed by atoms with Crippen LogP contribution in [0.2, 0.25) is 0 Å². The van der Waals surface area contributed by atoms with Crippen LogP contribution in [-0.4, -0.2) is 87.7 Å². The highest BCUT2D eigenvalue weighted by atomic mass is 127. The molecule has 2 N–H and O–H groups in total. The van der Waals surface area contributed by atoms with E-state index in [1.807, 2.05) is 4.90 Å². The zero-order valence-corrected chi connectivity index (χ0v) is 18.5. The van der Waals surface area contributed by atoms with Crippen LogP contribution in [0.5, 0.6) is 0 Å². The van der Waals surface area contributed by atoms with E-state index in [2.05, 4.69) is 34.4 Å². The highest BCUT2D eigenvalue weighted by Gasteiger charge is 2.17. The van der Waals surface area contributed by atoms with Crippen molar-refractivity contribution < 1.29 is 9.53 Å². The van der Waals surface area contributed by atoms with Gasteiger partial charge < -0.3 is 20.3 Å². The lowest BCUT2D eigenvalue weighted by Crippen LogP contribution is -2.50. The number of hydrogen-bond donors (Lipinski definition) is 2. The van der Waals surface area contributed by atoms with Crippen LogP contribution in [0.25, 0.3) is 0 Å². The van der Waals surface area contributed by atoms with E-state index in [4.69, 9.17) is 4.74 Å². The number of nitrogens with zero attached hydrogens (tertiary/aromatic N) is 3. The fourth-order valence-electron chi connectivity index (χ4n) is 2.50. The van der Waals surface area contributed by atoms with Gasteiger partial charge in [-0.3, -0.25) is 14.7 Å². The quantitative estimate of drug-likeness (QED) is 0.228. The monoisotopic (exact) mass is 469 g/mol. The topological polar surface area (TPSA) is 69.2 Å². The molecule has 0 unspecified atom stereocenters. The largest absolute Gasteiger partial charge is 0.380 e. The zero-order chi connectivity index (χ0) is 17.8. The molecule has 7 nitrogen and oxygen atoms in total. The van der Waals surface area contributed by atoms with Crippen molar-refractivity contribution in [3.05, 3.63) is 0 Å². The second-order valence-corrected chi connectivity index (χ2v) is 6.57. The minimum Gasteiger partial charge on any atom is -0.380 e. The van der Waals surface area contributed by atoms with Crippen molar-refractivity contribution in [2.24, 2.45) is 10.9 Å². The molecule has 1 amide bonds. The number of carbonyl (C=O) groups excluding carboxylic acids is 1. The lowest BCUT2D eigenvalue weighted by atomic mass is 10.1. The van der Waals surface area contributed by atoms with Crippen molar-refractivity contribution >= 4 is 35.8 Å². The number of nitrogens with one attached hydrogen (secondary N) is 2. The molecule has 148 valence electrons. The van der Waals surface area contributed by atoms with Gasteiger partial charge >= 0.3 is 0 Å². The van der Waals surface area contributed by atoms with Gasteiger partial charge in [0.2, 0.25) is 5.91 Å². The summed E-state index contributed by atoms with van der Waals surface area (Å²) in [5.41, 5.74) is 0. The Morgan fingerprint density at radius 3 is 2.32 bits per heavy atom. The van der Waals surface area contributed by atoms with E-state index in [0.29, 0.717) is 12.5 Å². The van der Waals surface area contributed by atoms with Gasteiger partial charge in [-0.2, -0.15) is 0 Å². The fraction of sp³-hybridized carbons (Fsp3) is 0.882. The first-order valence-corrected chi connectivity index (χ1v) is 9.03. The molecule has 0 aliphatic carbocycles. The van der Waals surface area contributed by atoms with Gasteiger partial charge in [0, 0.05) is 66.4 Å². The Kier molecular flexibility index (Phi) is 14.2. The van der Waals surface area contributed by atoms with Crippen LogP contribution >= 0.6 is 24.0 Å². The lowest BCUT2D eigenvalue weighted by molar-refractivity contribution is -0.130. The van der Waals surface area contributed by atoms with Crippen LogP contribution < -0.4 is 10.6 Å². The highest BCUT2D eigenvalue weighted by molar-refractivity contribution is 14.0. The van der Waals surface area contributed by atoms with Crippen molar-refractivity contribution in [1.29, 1.82) is 0 Å². The number of aliphatic imine (C=N–C) groups is 1. The smallest absolute Gasteiger partial charge is 0.219 e. The second-order valence-electron chi connectivity index (χ2n) is 6.57. The molecular weight excluding hydrogens is 433 g/mol. The summed E-state index contributed by atoms with van der Waals surface area (Å²) in [6, 6.07) is 0. The Morgan fingerprint density at radius 2 is 1.76 bits per heavy atom. The molecular formula is C17H36IN5O2. The summed E-state index contributed by atoms with van der Waals surface area (Å²) in [5.74, 6) is 1.67. The molecule has 0 atom stereocenters. The summed E-state index contributed by atoms with van der Waals surface area (Å²) >= 11 is 0. The standard InChI is InChI=1S/C17H35N5O2.HI/c1-15(2)5-13-24-14-7-20-17(18-4)19-6-8-21-9-11-22(12-10-21)16(3)23;/h15H,5-14H2,1-4H3,(H2,18,19,20);1H. The Balaban J connectivity index is 0.00000576. The van der Waals surface area contributed by atoms with Crippen molar-refractivity contribution in [3.63, 3.8) is 0 Å². The summed E-state index contributed by atoms with van der Waals surface area (Å²) in [6.07, 6.45) is 1.10. The summed E-state index contributed by atoms with van der Waals surface area (Å²) in [5, 5.41) is 6.58. The molecule has 1 heterocycles. The fourth-order valence-corrected chi connectivity index (χ4v) is 2.50. The molecule has 0 radical (unpaired) electrons. The SMILES string of the molecule is CN=C(NCCOCCC(C)C)NCCN1CCN(C(C)=O)CC1.I. The third kappa shape index (κ3) is 11.6. The minimum atomic E-state index is 0. The van der Waals surface area contributed by atoms with Gasteiger partial charge in [0.15, 0.2) is 5.96 Å². The van der Waals surface area contributed by atoms with Gasteiger partial charge in [-0.1, -0.05) is 13.8 Å². The number of carbonyl (C=O) groups is 1. The molecule has 0 aromatic rings. The Labute approximate surface area is 170 Å². The van der Waals surface area contributed by atoms with E-state index in [-0.39, 0.29) is 29.9 Å². The highest BCUT2D eigenvalue weighted by Crippen LogP contribution is 2.01. The predicted octanol–water partition coefficient (Wildman–Crippen LogP) is 0.996. The number of amides is 1. The van der Waals surface area contributed by atoms with Crippen LogP contribution in [0, 0.1) is 5.92 Å². The molecule has 0 spiro atoms. The molecule has 1 aliphatic heterocycles. The van der Waals surface area contributed by atoms with E-state index in [1.165, 1.54) is 0 Å². The van der Waals surface area contributed by atoms with Gasteiger partial charge in [-0.15, -0.1) is 24.0 Å². The summed E-state index contributed by atoms with van der Waals surface area (Å²) in [7, 11) is 1.78. The molecule has 25 heavy (non-hydrogen) atoms. The zero-order valence-electron chi connectivity index (χ0n) is 16.2. The van der Waals surface area contributed by atoms with Gasteiger partial charge in [0.1, 0.15) is 0 Å². The molecule has 1 fully saturated rings. The van der Waals surface area contributed by atoms with Crippen LogP contribution in [0.15, 0.2) is 4.99 Å². The molecule has 0 saturated carbocycles. The third-order valence-electron chi connectivity index (χ3n) is 4.14. The van der Waals surface area contributed by atoms with Crippen molar-refractivity contribution in [2.45, 2.75) is 27.2 Å². The normalized spacial score (nSPS) is 15.9. The van der Waals surface area contributed by atoms with Gasteiger partial charge in [-0.05, 0) is 12.3 Å². The number of ether oxygens (including phenoxy) is 1. The van der Waals surface area contributed by atoms with Crippen molar-refractivity contribution in [1.82, 2.24) is 20.4 Å². The van der Waals surface area contributed by atoms with Crippen molar-refractivity contribution in [2.75, 3.05) is 66.1 Å². The first-order valence-electron chi connectivity index (χ1n) is 9.03. The van der Waals surface area contributed by atoms with Crippen LogP contribution in [-0.2, 0) is 9.53 Å². The van der Waals surface area contributed by atoms with Gasteiger partial charge in [0.25, 0.3) is 0 Å². The molecule has 0 bridgehead atoms. The first-order chi connectivity index (χ1) is 11.5. The molecule has 1 rings (SSSR count). The molecule has 0 aromatic heterocycles. The summed E-state index contributed by atoms with van der Waals surface area (Å²) in [4.78, 5) is 19.8. The van der Waals surface area contributed by atoms with E-state index in [1.54, 1.807) is 14.0 Å². The maximum absolute atomic E-state index is 11.3. The van der Waals surface area contributed by atoms with E-state index >= 15 is 0 Å². The second kappa shape index (κ2) is 14.5. The number of piperazine rings is 1. The molecule has 8 heteroatoms. The predicted molar refractivity (Wildman–Crippen MR) is 114 cm³/mol. The Morgan fingerprint density at radius 1 is 1.12 bits per heavy atom. The molecule has 1 aliphatic rings. The van der Waals surface area contributed by atoms with Gasteiger partial charge in [0.05, 0.1) is 6.61 Å². The molecule has 1 saturated heterocycles. The average molecular weight is 469 g/mol. The third-order valence-corrected chi connectivity index (χ3v) is 4.14. The van der Waals surface area contributed by atoms with E-state index in [0.717, 1.165) is 64.8 Å². The van der Waals surface area contributed by atoms with Crippen LogP contribution in [0.1, 0.15) is 27.2 Å². The maximum atomic E-state index is 11.3. The van der Waals surface area contributed by atoms with E-state index in [9.17, 15) is 4.79 Å². The number of hydrogen-bond acceptors (Lipinski definition) is 4. The lowest BCUT2D eigenvalue weighted by Gasteiger charge is -2.34. The van der Waals surface area contributed by atoms with E-state index < -0.39 is 0 Å².